The highest BCUT2D eigenvalue weighted by Crippen LogP contribution is 2.29. The lowest BCUT2D eigenvalue weighted by Gasteiger charge is -2.30. The van der Waals surface area contributed by atoms with Crippen LogP contribution in [0, 0.1) is 6.92 Å². The lowest BCUT2D eigenvalue weighted by Crippen LogP contribution is -2.35. The van der Waals surface area contributed by atoms with E-state index in [2.05, 4.69) is 30.1 Å². The number of nitrogens with zero attached hydrogens (tertiary/aromatic N) is 2. The largest absolute Gasteiger partial charge is 0.472 e. The predicted molar refractivity (Wildman–Crippen MR) is 95.3 cm³/mol. The van der Waals surface area contributed by atoms with Gasteiger partial charge in [-0.25, -0.2) is 4.98 Å². The van der Waals surface area contributed by atoms with E-state index in [1.54, 1.807) is 18.3 Å². The van der Waals surface area contributed by atoms with Gasteiger partial charge in [-0.2, -0.15) is 0 Å². The average molecular weight is 338 g/mol. The van der Waals surface area contributed by atoms with Crippen LogP contribution in [0.4, 0.5) is 5.69 Å². The van der Waals surface area contributed by atoms with E-state index in [1.165, 1.54) is 11.1 Å². The fourth-order valence-corrected chi connectivity index (χ4v) is 3.48. The average Bonchev–Trinajstić information content (AvgIpc) is 3.13. The van der Waals surface area contributed by atoms with Crippen LogP contribution in [0.1, 0.15) is 34.3 Å². The third kappa shape index (κ3) is 3.37. The molecular formula is C20H22N2O3. The number of rotatable bonds is 3. The van der Waals surface area contributed by atoms with Gasteiger partial charge in [0.1, 0.15) is 6.10 Å². The molecule has 1 unspecified atom stereocenters. The molecule has 25 heavy (non-hydrogen) atoms. The van der Waals surface area contributed by atoms with Gasteiger partial charge in [-0.15, -0.1) is 0 Å². The number of aryl methyl sites for hydroxylation is 2. The van der Waals surface area contributed by atoms with Gasteiger partial charge in [-0.1, -0.05) is 17.7 Å². The van der Waals surface area contributed by atoms with Gasteiger partial charge in [0, 0.05) is 36.5 Å². The van der Waals surface area contributed by atoms with Crippen molar-refractivity contribution in [3.63, 3.8) is 0 Å². The summed E-state index contributed by atoms with van der Waals surface area (Å²) in [6, 6.07) is 9.78. The van der Waals surface area contributed by atoms with Crippen LogP contribution >= 0.6 is 0 Å². The van der Waals surface area contributed by atoms with Crippen molar-refractivity contribution in [1.82, 2.24) is 4.98 Å². The number of anilines is 1. The zero-order valence-corrected chi connectivity index (χ0v) is 14.4. The molecule has 0 radical (unpaired) electrons. The molecule has 1 aromatic carbocycles. The summed E-state index contributed by atoms with van der Waals surface area (Å²) in [7, 11) is 0. The topological polar surface area (TPSA) is 51.7 Å². The molecule has 4 rings (SSSR count). The monoisotopic (exact) mass is 338 g/mol. The Labute approximate surface area is 147 Å². The van der Waals surface area contributed by atoms with Gasteiger partial charge in [-0.3, -0.25) is 4.79 Å². The van der Waals surface area contributed by atoms with E-state index in [0.717, 1.165) is 31.5 Å². The van der Waals surface area contributed by atoms with Gasteiger partial charge in [0.25, 0.3) is 5.91 Å². The SMILES string of the molecule is Cc1ccc2c(c1)CCCN2C(=O)c1ccnc(OC2CCOC2)c1. The van der Waals surface area contributed by atoms with Gasteiger partial charge in [0.2, 0.25) is 5.88 Å². The fourth-order valence-electron chi connectivity index (χ4n) is 3.48. The Balaban J connectivity index is 1.57. The van der Waals surface area contributed by atoms with Crippen molar-refractivity contribution in [3.8, 4) is 5.88 Å². The molecule has 5 heteroatoms. The summed E-state index contributed by atoms with van der Waals surface area (Å²) in [4.78, 5) is 19.2. The van der Waals surface area contributed by atoms with Crippen LogP contribution in [-0.2, 0) is 11.2 Å². The molecule has 1 amide bonds. The van der Waals surface area contributed by atoms with Crippen molar-refractivity contribution in [1.29, 1.82) is 0 Å². The molecule has 5 nitrogen and oxygen atoms in total. The van der Waals surface area contributed by atoms with Gasteiger partial charge in [0.15, 0.2) is 0 Å². The number of amides is 1. The lowest BCUT2D eigenvalue weighted by atomic mass is 9.99. The molecule has 1 atom stereocenters. The maximum absolute atomic E-state index is 13.1. The first-order valence-electron chi connectivity index (χ1n) is 8.82. The van der Waals surface area contributed by atoms with Crippen LogP contribution in [0.25, 0.3) is 0 Å². The highest BCUT2D eigenvalue weighted by atomic mass is 16.5. The number of benzene rings is 1. The summed E-state index contributed by atoms with van der Waals surface area (Å²) >= 11 is 0. The summed E-state index contributed by atoms with van der Waals surface area (Å²) in [5, 5.41) is 0. The van der Waals surface area contributed by atoms with Crippen LogP contribution < -0.4 is 9.64 Å². The molecular weight excluding hydrogens is 316 g/mol. The first-order valence-corrected chi connectivity index (χ1v) is 8.82. The summed E-state index contributed by atoms with van der Waals surface area (Å²) in [5.74, 6) is 0.488. The highest BCUT2D eigenvalue weighted by molar-refractivity contribution is 6.06. The Bertz CT molecular complexity index is 784. The third-order valence-corrected chi connectivity index (χ3v) is 4.76. The standard InChI is InChI=1S/C20H22N2O3/c1-14-4-5-18-15(11-14)3-2-9-22(18)20(23)16-6-8-21-19(12-16)25-17-7-10-24-13-17/h4-6,8,11-12,17H,2-3,7,9-10,13H2,1H3. The van der Waals surface area contributed by atoms with Crippen LogP contribution in [0.5, 0.6) is 5.88 Å². The van der Waals surface area contributed by atoms with E-state index in [4.69, 9.17) is 9.47 Å². The third-order valence-electron chi connectivity index (χ3n) is 4.76. The van der Waals surface area contributed by atoms with E-state index >= 15 is 0 Å². The van der Waals surface area contributed by atoms with Crippen molar-refractivity contribution in [2.75, 3.05) is 24.7 Å². The minimum atomic E-state index is -0.000255. The Morgan fingerprint density at radius 3 is 3.08 bits per heavy atom. The Morgan fingerprint density at radius 1 is 1.32 bits per heavy atom. The van der Waals surface area contributed by atoms with E-state index < -0.39 is 0 Å². The number of carbonyl (C=O) groups excluding carboxylic acids is 1. The predicted octanol–water partition coefficient (Wildman–Crippen LogP) is 3.15. The molecule has 0 aliphatic carbocycles. The molecule has 2 aliphatic rings. The molecule has 2 aliphatic heterocycles. The number of hydrogen-bond donors (Lipinski definition) is 0. The Kier molecular flexibility index (Phi) is 4.40. The van der Waals surface area contributed by atoms with E-state index in [-0.39, 0.29) is 12.0 Å². The second-order valence-electron chi connectivity index (χ2n) is 6.68. The molecule has 0 bridgehead atoms. The van der Waals surface area contributed by atoms with Crippen LogP contribution in [0.2, 0.25) is 0 Å². The summed E-state index contributed by atoms with van der Waals surface area (Å²) in [6.45, 7) is 4.12. The number of pyridine rings is 1. The molecule has 3 heterocycles. The van der Waals surface area contributed by atoms with Crippen LogP contribution in [-0.4, -0.2) is 36.8 Å². The van der Waals surface area contributed by atoms with Crippen molar-refractivity contribution in [2.45, 2.75) is 32.3 Å². The fraction of sp³-hybridized carbons (Fsp3) is 0.400. The maximum Gasteiger partial charge on any atom is 0.258 e. The number of aromatic nitrogens is 1. The van der Waals surface area contributed by atoms with E-state index in [1.807, 2.05) is 4.90 Å². The zero-order valence-electron chi connectivity index (χ0n) is 14.4. The molecule has 0 saturated carbocycles. The Hall–Kier alpha value is -2.40. The van der Waals surface area contributed by atoms with Crippen molar-refractivity contribution >= 4 is 11.6 Å². The molecule has 2 aromatic rings. The first kappa shape index (κ1) is 16.1. The normalized spacial score (nSPS) is 19.6. The van der Waals surface area contributed by atoms with Crippen LogP contribution in [0.15, 0.2) is 36.5 Å². The summed E-state index contributed by atoms with van der Waals surface area (Å²) in [6.07, 6.45) is 4.52. The Morgan fingerprint density at radius 2 is 2.24 bits per heavy atom. The smallest absolute Gasteiger partial charge is 0.258 e. The number of hydrogen-bond acceptors (Lipinski definition) is 4. The minimum absolute atomic E-state index is 0.000255. The maximum atomic E-state index is 13.1. The second kappa shape index (κ2) is 6.84. The lowest BCUT2D eigenvalue weighted by molar-refractivity contribution is 0.0983. The van der Waals surface area contributed by atoms with Gasteiger partial charge in [-0.05, 0) is 37.5 Å². The van der Waals surface area contributed by atoms with E-state index in [9.17, 15) is 4.79 Å². The highest BCUT2D eigenvalue weighted by Gasteiger charge is 2.24. The molecule has 1 fully saturated rings. The second-order valence-corrected chi connectivity index (χ2v) is 6.68. The molecule has 0 spiro atoms. The first-order chi connectivity index (χ1) is 12.2. The van der Waals surface area contributed by atoms with Gasteiger partial charge in [0.05, 0.1) is 13.2 Å². The number of fused-ring (bicyclic) bond motifs is 1. The number of ether oxygens (including phenoxy) is 2. The summed E-state index contributed by atoms with van der Waals surface area (Å²) < 4.78 is 11.2. The van der Waals surface area contributed by atoms with E-state index in [0.29, 0.717) is 24.7 Å². The zero-order chi connectivity index (χ0) is 17.2. The molecule has 0 N–H and O–H groups in total. The van der Waals surface area contributed by atoms with Crippen molar-refractivity contribution < 1.29 is 14.3 Å². The van der Waals surface area contributed by atoms with Gasteiger partial charge < -0.3 is 14.4 Å². The summed E-state index contributed by atoms with van der Waals surface area (Å²) in [5.41, 5.74) is 4.10. The molecule has 1 saturated heterocycles. The molecule has 130 valence electrons. The van der Waals surface area contributed by atoms with Crippen molar-refractivity contribution in [2.24, 2.45) is 0 Å². The molecule has 1 aromatic heterocycles. The number of carbonyl (C=O) groups is 1. The quantitative estimate of drug-likeness (QED) is 0.863. The van der Waals surface area contributed by atoms with Crippen LogP contribution in [0.3, 0.4) is 0 Å². The van der Waals surface area contributed by atoms with Gasteiger partial charge >= 0.3 is 0 Å². The minimum Gasteiger partial charge on any atom is -0.472 e. The van der Waals surface area contributed by atoms with Crippen molar-refractivity contribution in [3.05, 3.63) is 53.2 Å².